The average molecular weight is 903 g/mol. The molecule has 0 spiro atoms. The molecule has 0 radical (unpaired) electrons. The molecule has 12 nitrogen and oxygen atoms in total. The zero-order chi connectivity index (χ0) is 46.3. The molecule has 2 heterocycles. The fourth-order valence-electron chi connectivity index (χ4n) is 6.73. The van der Waals surface area contributed by atoms with Crippen LogP contribution in [0.3, 0.4) is 0 Å². The summed E-state index contributed by atoms with van der Waals surface area (Å²) in [5, 5.41) is 11.1. The van der Waals surface area contributed by atoms with Gasteiger partial charge in [-0.3, -0.25) is 5.32 Å². The molecule has 0 aliphatic rings. The van der Waals surface area contributed by atoms with Crippen LogP contribution in [0.5, 0.6) is 0 Å². The topological polar surface area (TPSA) is 144 Å². The molecule has 1 atom stereocenters. The van der Waals surface area contributed by atoms with Crippen LogP contribution in [-0.2, 0) is 41.8 Å². The monoisotopic (exact) mass is 902 g/mol. The lowest BCUT2D eigenvalue weighted by atomic mass is 10.0. The molecule has 63 heavy (non-hydrogen) atoms. The number of carbonyl (C=O) groups is 2. The van der Waals surface area contributed by atoms with Crippen molar-refractivity contribution < 1.29 is 63.7 Å². The van der Waals surface area contributed by atoms with Gasteiger partial charge in [0.2, 0.25) is 0 Å². The molecular formula is C44H48F6N4O8Si. The molecule has 0 saturated carbocycles. The summed E-state index contributed by atoms with van der Waals surface area (Å²) in [6.45, 7) is 8.71. The predicted molar refractivity (Wildman–Crippen MR) is 222 cm³/mol. The number of nitrogens with zero attached hydrogens (tertiary/aromatic N) is 3. The second-order valence-electron chi connectivity index (χ2n) is 16.3. The molecule has 0 saturated heterocycles. The van der Waals surface area contributed by atoms with Crippen molar-refractivity contribution in [2.24, 2.45) is 0 Å². The molecule has 2 aromatic heterocycles. The van der Waals surface area contributed by atoms with Gasteiger partial charge >= 0.3 is 24.4 Å². The lowest BCUT2D eigenvalue weighted by Gasteiger charge is -2.43. The van der Waals surface area contributed by atoms with Crippen molar-refractivity contribution in [2.45, 2.75) is 83.2 Å². The number of anilines is 1. The zero-order valence-electron chi connectivity index (χ0n) is 35.6. The molecule has 1 unspecified atom stereocenters. The Labute approximate surface area is 361 Å². The summed E-state index contributed by atoms with van der Waals surface area (Å²) in [7, 11) is -2.19. The van der Waals surface area contributed by atoms with E-state index in [0.29, 0.717) is 11.6 Å². The molecule has 19 heteroatoms. The van der Waals surface area contributed by atoms with Crippen molar-refractivity contribution in [3.8, 4) is 11.6 Å². The molecule has 0 bridgehead atoms. The first kappa shape index (κ1) is 48.4. The highest BCUT2D eigenvalue weighted by molar-refractivity contribution is 6.99. The number of hydrogen-bond donors (Lipinski definition) is 1. The molecule has 5 aromatic rings. The Bertz CT molecular complexity index is 2260. The summed E-state index contributed by atoms with van der Waals surface area (Å²) in [4.78, 5) is 29.1. The van der Waals surface area contributed by atoms with Gasteiger partial charge in [0.25, 0.3) is 25.7 Å². The highest BCUT2D eigenvalue weighted by atomic mass is 28.4. The van der Waals surface area contributed by atoms with E-state index in [2.05, 4.69) is 46.0 Å². The number of ether oxygens (including phenoxy) is 4. The fraction of sp³-hybridized carbons (Fsp3) is 0.386. The van der Waals surface area contributed by atoms with E-state index in [1.165, 1.54) is 32.9 Å². The highest BCUT2D eigenvalue weighted by Gasteiger charge is 2.62. The molecule has 0 fully saturated rings. The number of methoxy groups -OCH3 is 1. The Balaban J connectivity index is 1.51. The van der Waals surface area contributed by atoms with Crippen molar-refractivity contribution in [1.29, 1.82) is 0 Å². The van der Waals surface area contributed by atoms with Gasteiger partial charge in [-0.25, -0.2) is 14.6 Å². The minimum Gasteiger partial charge on any atom is -0.464 e. The minimum absolute atomic E-state index is 0.109. The van der Waals surface area contributed by atoms with E-state index >= 15 is 13.2 Å². The Morgan fingerprint density at radius 3 is 1.86 bits per heavy atom. The number of esters is 1. The average Bonchev–Trinajstić information content (AvgIpc) is 3.71. The van der Waals surface area contributed by atoms with Crippen molar-refractivity contribution in [3.63, 3.8) is 0 Å². The van der Waals surface area contributed by atoms with E-state index in [1.54, 1.807) is 18.2 Å². The lowest BCUT2D eigenvalue weighted by molar-refractivity contribution is -0.311. The van der Waals surface area contributed by atoms with Gasteiger partial charge < -0.3 is 27.8 Å². The number of halogens is 6. The Kier molecular flexibility index (Phi) is 14.9. The van der Waals surface area contributed by atoms with Gasteiger partial charge in [-0.15, -0.1) is 10.2 Å². The van der Waals surface area contributed by atoms with Gasteiger partial charge in [0.15, 0.2) is 11.4 Å². The minimum atomic E-state index is -5.32. The van der Waals surface area contributed by atoms with Crippen LogP contribution in [0.1, 0.15) is 75.5 Å². The summed E-state index contributed by atoms with van der Waals surface area (Å²) >= 11 is 0. The Morgan fingerprint density at radius 2 is 1.35 bits per heavy atom. The molecular weight excluding hydrogens is 855 g/mol. The Morgan fingerprint density at radius 1 is 0.778 bits per heavy atom. The Hall–Kier alpha value is -5.63. The first-order valence-electron chi connectivity index (χ1n) is 19.6. The van der Waals surface area contributed by atoms with E-state index < -0.39 is 91.6 Å². The number of alkyl halides is 6. The van der Waals surface area contributed by atoms with Gasteiger partial charge in [-0.05, 0) is 54.2 Å². The predicted octanol–water partition coefficient (Wildman–Crippen LogP) is 9.24. The number of benzene rings is 3. The maximum absolute atomic E-state index is 15.6. The molecule has 338 valence electrons. The maximum Gasteiger partial charge on any atom is 0.428 e. The van der Waals surface area contributed by atoms with Crippen LogP contribution in [0.2, 0.25) is 5.04 Å². The van der Waals surface area contributed by atoms with Crippen LogP contribution < -0.4 is 15.7 Å². The van der Waals surface area contributed by atoms with Gasteiger partial charge in [0, 0.05) is 13.2 Å². The summed E-state index contributed by atoms with van der Waals surface area (Å²) in [6, 6.07) is 27.8. The van der Waals surface area contributed by atoms with Crippen LogP contribution in [0, 0.1) is 0 Å². The van der Waals surface area contributed by atoms with Crippen molar-refractivity contribution in [1.82, 2.24) is 15.2 Å². The number of carbonyl (C=O) groups excluding carboxylic acids is 2. The second kappa shape index (κ2) is 19.4. The normalized spacial score (nSPS) is 13.6. The number of hydrogen-bond acceptors (Lipinski definition) is 11. The largest absolute Gasteiger partial charge is 0.464 e. The lowest BCUT2D eigenvalue weighted by Crippen LogP contribution is -2.66. The third-order valence-corrected chi connectivity index (χ3v) is 14.6. The molecule has 0 aliphatic carbocycles. The molecule has 5 rings (SSSR count). The van der Waals surface area contributed by atoms with Crippen LogP contribution in [0.25, 0.3) is 11.6 Å². The van der Waals surface area contributed by atoms with Crippen molar-refractivity contribution in [3.05, 3.63) is 120 Å². The standard InChI is InChI=1S/C44H48F6N4O8Si/c1-40(2,3)62-39(56)51-33-26-32(43(45,46)47)34(37(55)57-7)52-35(33)36-53-54-38(61-36)42(44(48,49)50,59-27-29-18-11-8-12-19-29)28-58-24-17-25-60-63(41(4,5)6,30-20-13-9-14-21-30)31-22-15-10-16-23-31/h8-16,18-23,26H,17,24-25,27-28H2,1-7H3,(H,51,56). The number of nitrogens with one attached hydrogen (secondary N) is 1. The summed E-state index contributed by atoms with van der Waals surface area (Å²) in [5.41, 5.74) is -8.83. The van der Waals surface area contributed by atoms with Crippen LogP contribution in [0.15, 0.2) is 101 Å². The molecule has 3 aromatic carbocycles. The molecule has 1 amide bonds. The fourth-order valence-corrected chi connectivity index (χ4v) is 11.3. The van der Waals surface area contributed by atoms with Crippen LogP contribution >= 0.6 is 0 Å². The van der Waals surface area contributed by atoms with Gasteiger partial charge in [-0.2, -0.15) is 26.3 Å². The van der Waals surface area contributed by atoms with Crippen molar-refractivity contribution >= 4 is 36.4 Å². The molecule has 0 aliphatic heterocycles. The number of rotatable bonds is 16. The van der Waals surface area contributed by atoms with Crippen LogP contribution in [-0.4, -0.2) is 74.3 Å². The van der Waals surface area contributed by atoms with E-state index in [1.807, 2.05) is 60.7 Å². The summed E-state index contributed by atoms with van der Waals surface area (Å²) in [5.74, 6) is -3.70. The van der Waals surface area contributed by atoms with Gasteiger partial charge in [-0.1, -0.05) is 112 Å². The first-order chi connectivity index (χ1) is 29.5. The van der Waals surface area contributed by atoms with Crippen molar-refractivity contribution in [2.75, 3.05) is 32.2 Å². The maximum atomic E-state index is 15.6. The first-order valence-corrected chi connectivity index (χ1v) is 21.6. The van der Waals surface area contributed by atoms with E-state index in [4.69, 9.17) is 23.1 Å². The smallest absolute Gasteiger partial charge is 0.428 e. The number of pyridine rings is 1. The number of amides is 1. The quantitative estimate of drug-likeness (QED) is 0.0438. The summed E-state index contributed by atoms with van der Waals surface area (Å²) in [6.07, 6.45) is -11.7. The summed E-state index contributed by atoms with van der Waals surface area (Å²) < 4.78 is 123. The third-order valence-electron chi connectivity index (χ3n) is 9.58. The van der Waals surface area contributed by atoms with E-state index in [-0.39, 0.29) is 24.7 Å². The zero-order valence-corrected chi connectivity index (χ0v) is 36.6. The van der Waals surface area contributed by atoms with Crippen LogP contribution in [0.4, 0.5) is 36.8 Å². The SMILES string of the molecule is COC(=O)c1nc(-c2nnc(C(COCCCO[Si](c3ccccc3)(c3ccccc3)C(C)(C)C)(OCc3ccccc3)C(F)(F)F)o2)c(NC(=O)OC(C)(C)C)cc1C(F)(F)F. The number of aromatic nitrogens is 3. The second-order valence-corrected chi connectivity index (χ2v) is 20.6. The third kappa shape index (κ3) is 11.3. The van der Waals surface area contributed by atoms with E-state index in [0.717, 1.165) is 17.5 Å². The van der Waals surface area contributed by atoms with Gasteiger partial charge in [0.05, 0.1) is 31.6 Å². The molecule has 1 N–H and O–H groups in total. The van der Waals surface area contributed by atoms with Gasteiger partial charge in [0.1, 0.15) is 5.60 Å². The van der Waals surface area contributed by atoms with E-state index in [9.17, 15) is 22.8 Å². The highest BCUT2D eigenvalue weighted by Crippen LogP contribution is 2.45.